The zero-order valence-electron chi connectivity index (χ0n) is 12.1. The van der Waals surface area contributed by atoms with Crippen molar-refractivity contribution >= 4 is 65.6 Å². The lowest BCUT2D eigenvalue weighted by molar-refractivity contribution is 1.34. The van der Waals surface area contributed by atoms with Crippen LogP contribution < -0.4 is 0 Å². The molecular weight excluding hydrogens is 370 g/mol. The van der Waals surface area contributed by atoms with E-state index in [-0.39, 0.29) is 0 Å². The smallest absolute Gasteiger partial charge is 0.0689 e. The van der Waals surface area contributed by atoms with Crippen LogP contribution in [-0.2, 0) is 0 Å². The Labute approximate surface area is 146 Å². The minimum atomic E-state index is 0.752. The third-order valence-corrected chi connectivity index (χ3v) is 5.52. The predicted molar refractivity (Wildman–Crippen MR) is 103 cm³/mol. The zero-order valence-corrected chi connectivity index (χ0v) is 14.4. The highest BCUT2D eigenvalue weighted by molar-refractivity contribution is 9.10. The van der Waals surface area contributed by atoms with Gasteiger partial charge in [0.25, 0.3) is 0 Å². The fourth-order valence-corrected chi connectivity index (χ4v) is 4.42. The second-order valence-electron chi connectivity index (χ2n) is 5.72. The lowest BCUT2D eigenvalue weighted by atomic mass is 10.1. The van der Waals surface area contributed by atoms with Gasteiger partial charge in [0, 0.05) is 21.2 Å². The molecule has 5 rings (SSSR count). The Morgan fingerprint density at radius 2 is 1.39 bits per heavy atom. The van der Waals surface area contributed by atoms with E-state index in [1.165, 1.54) is 32.6 Å². The molecule has 0 aliphatic carbocycles. The number of fused-ring (bicyclic) bond motifs is 8. The van der Waals surface area contributed by atoms with Gasteiger partial charge < -0.3 is 4.40 Å². The largest absolute Gasteiger partial charge is 0.307 e. The van der Waals surface area contributed by atoms with Gasteiger partial charge in [0.15, 0.2) is 0 Å². The number of halogens is 2. The average Bonchev–Trinajstić information content (AvgIpc) is 2.88. The molecule has 0 saturated carbocycles. The van der Waals surface area contributed by atoms with Crippen molar-refractivity contribution in [3.8, 4) is 0 Å². The first-order chi connectivity index (χ1) is 11.3. The SMILES string of the molecule is Clc1ccc2c(Br)c3c4ccccc4c4ccccc4n3c2c1. The van der Waals surface area contributed by atoms with Crippen molar-refractivity contribution in [3.05, 3.63) is 76.2 Å². The molecule has 0 spiro atoms. The molecule has 23 heavy (non-hydrogen) atoms. The molecule has 2 heterocycles. The van der Waals surface area contributed by atoms with E-state index in [1.807, 2.05) is 12.1 Å². The number of hydrogen-bond donors (Lipinski definition) is 0. The lowest BCUT2D eigenvalue weighted by Gasteiger charge is -2.10. The topological polar surface area (TPSA) is 4.41 Å². The van der Waals surface area contributed by atoms with Crippen LogP contribution in [0.15, 0.2) is 71.2 Å². The summed E-state index contributed by atoms with van der Waals surface area (Å²) in [4.78, 5) is 0. The van der Waals surface area contributed by atoms with Gasteiger partial charge >= 0.3 is 0 Å². The third kappa shape index (κ3) is 1.73. The summed E-state index contributed by atoms with van der Waals surface area (Å²) in [7, 11) is 0. The maximum atomic E-state index is 6.27. The summed E-state index contributed by atoms with van der Waals surface area (Å²) in [5.41, 5.74) is 3.51. The predicted octanol–water partition coefficient (Wildman–Crippen LogP) is 6.81. The van der Waals surface area contributed by atoms with Crippen LogP contribution in [0, 0.1) is 0 Å². The Bertz CT molecular complexity index is 1240. The van der Waals surface area contributed by atoms with Crippen LogP contribution in [0.1, 0.15) is 0 Å². The number of benzene rings is 3. The number of hydrogen-bond acceptors (Lipinski definition) is 0. The van der Waals surface area contributed by atoms with Crippen LogP contribution in [-0.4, -0.2) is 4.40 Å². The summed E-state index contributed by atoms with van der Waals surface area (Å²) in [6, 6.07) is 23.1. The number of para-hydroxylation sites is 1. The normalized spacial score (nSPS) is 11.9. The molecule has 0 fully saturated rings. The molecule has 3 heteroatoms. The first-order valence-corrected chi connectivity index (χ1v) is 8.61. The summed E-state index contributed by atoms with van der Waals surface area (Å²) in [5, 5.41) is 5.69. The highest BCUT2D eigenvalue weighted by Gasteiger charge is 2.16. The van der Waals surface area contributed by atoms with Crippen molar-refractivity contribution in [1.82, 2.24) is 4.40 Å². The molecule has 110 valence electrons. The van der Waals surface area contributed by atoms with Crippen molar-refractivity contribution in [2.75, 3.05) is 0 Å². The first-order valence-electron chi connectivity index (χ1n) is 7.44. The van der Waals surface area contributed by atoms with E-state index in [2.05, 4.69) is 74.9 Å². The quantitative estimate of drug-likeness (QED) is 0.260. The van der Waals surface area contributed by atoms with Gasteiger partial charge in [-0.3, -0.25) is 0 Å². The second kappa shape index (κ2) is 4.73. The highest BCUT2D eigenvalue weighted by Crippen LogP contribution is 2.40. The van der Waals surface area contributed by atoms with E-state index in [9.17, 15) is 0 Å². The highest BCUT2D eigenvalue weighted by atomic mass is 79.9. The van der Waals surface area contributed by atoms with Gasteiger partial charge in [0.2, 0.25) is 0 Å². The maximum absolute atomic E-state index is 6.27. The summed E-state index contributed by atoms with van der Waals surface area (Å²) in [5.74, 6) is 0. The molecule has 0 N–H and O–H groups in total. The minimum absolute atomic E-state index is 0.752. The summed E-state index contributed by atoms with van der Waals surface area (Å²) in [6.07, 6.45) is 0. The van der Waals surface area contributed by atoms with E-state index < -0.39 is 0 Å². The average molecular weight is 381 g/mol. The van der Waals surface area contributed by atoms with Gasteiger partial charge in [-0.25, -0.2) is 0 Å². The summed E-state index contributed by atoms with van der Waals surface area (Å²) >= 11 is 10.1. The van der Waals surface area contributed by atoms with Crippen LogP contribution >= 0.6 is 27.5 Å². The molecule has 0 aliphatic rings. The van der Waals surface area contributed by atoms with E-state index in [4.69, 9.17) is 11.6 Å². The Kier molecular flexibility index (Phi) is 2.76. The zero-order chi connectivity index (χ0) is 15.6. The van der Waals surface area contributed by atoms with E-state index >= 15 is 0 Å². The maximum Gasteiger partial charge on any atom is 0.0689 e. The molecule has 0 amide bonds. The first kappa shape index (κ1) is 13.4. The van der Waals surface area contributed by atoms with Gasteiger partial charge in [-0.15, -0.1) is 0 Å². The molecule has 0 bridgehead atoms. The van der Waals surface area contributed by atoms with Gasteiger partial charge in [-0.1, -0.05) is 60.1 Å². The molecule has 0 aliphatic heterocycles. The molecular formula is C20H11BrClN. The lowest BCUT2D eigenvalue weighted by Crippen LogP contribution is -1.90. The summed E-state index contributed by atoms with van der Waals surface area (Å²) < 4.78 is 3.43. The van der Waals surface area contributed by atoms with Gasteiger partial charge in [0.05, 0.1) is 21.0 Å². The van der Waals surface area contributed by atoms with Crippen LogP contribution in [0.3, 0.4) is 0 Å². The Hall–Kier alpha value is -2.03. The Morgan fingerprint density at radius 3 is 2.22 bits per heavy atom. The van der Waals surface area contributed by atoms with Crippen molar-refractivity contribution < 1.29 is 0 Å². The third-order valence-electron chi connectivity index (χ3n) is 4.49. The standard InChI is InChI=1S/C20H11BrClN/c21-19-16-10-9-12(22)11-18(16)23-17-8-4-3-6-14(17)13-5-1-2-7-15(13)20(19)23/h1-11H. The van der Waals surface area contributed by atoms with E-state index in [1.54, 1.807) is 0 Å². The van der Waals surface area contributed by atoms with Gasteiger partial charge in [-0.05, 0) is 39.5 Å². The fourth-order valence-electron chi connectivity index (χ4n) is 3.53. The summed E-state index contributed by atoms with van der Waals surface area (Å²) in [6.45, 7) is 0. The van der Waals surface area contributed by atoms with E-state index in [0.717, 1.165) is 15.0 Å². The van der Waals surface area contributed by atoms with Crippen LogP contribution in [0.5, 0.6) is 0 Å². The monoisotopic (exact) mass is 379 g/mol. The second-order valence-corrected chi connectivity index (χ2v) is 6.95. The van der Waals surface area contributed by atoms with Gasteiger partial charge in [0.1, 0.15) is 0 Å². The molecule has 3 aromatic carbocycles. The number of pyridine rings is 1. The van der Waals surface area contributed by atoms with Crippen LogP contribution in [0.4, 0.5) is 0 Å². The molecule has 0 atom stereocenters. The number of rotatable bonds is 0. The minimum Gasteiger partial charge on any atom is -0.307 e. The van der Waals surface area contributed by atoms with Crippen LogP contribution in [0.25, 0.3) is 38.1 Å². The molecule has 2 aromatic heterocycles. The van der Waals surface area contributed by atoms with Crippen LogP contribution in [0.2, 0.25) is 5.02 Å². The Balaban J connectivity index is 2.26. The Morgan fingerprint density at radius 1 is 0.696 bits per heavy atom. The van der Waals surface area contributed by atoms with Crippen molar-refractivity contribution in [3.63, 3.8) is 0 Å². The van der Waals surface area contributed by atoms with E-state index in [0.29, 0.717) is 0 Å². The van der Waals surface area contributed by atoms with Crippen molar-refractivity contribution in [2.45, 2.75) is 0 Å². The fraction of sp³-hybridized carbons (Fsp3) is 0. The van der Waals surface area contributed by atoms with Gasteiger partial charge in [-0.2, -0.15) is 0 Å². The molecule has 0 unspecified atom stereocenters. The van der Waals surface area contributed by atoms with Crippen molar-refractivity contribution in [2.24, 2.45) is 0 Å². The molecule has 0 saturated heterocycles. The van der Waals surface area contributed by atoms with Crippen molar-refractivity contribution in [1.29, 1.82) is 0 Å². The molecule has 0 radical (unpaired) electrons. The number of aromatic nitrogens is 1. The molecule has 1 nitrogen and oxygen atoms in total. The number of nitrogens with zero attached hydrogens (tertiary/aromatic N) is 1. The molecule has 5 aromatic rings.